The van der Waals surface area contributed by atoms with E-state index < -0.39 is 0 Å². The van der Waals surface area contributed by atoms with E-state index in [1.165, 1.54) is 0 Å². The van der Waals surface area contributed by atoms with Crippen molar-refractivity contribution >= 4 is 11.6 Å². The Kier molecular flexibility index (Phi) is 5.16. The van der Waals surface area contributed by atoms with Crippen molar-refractivity contribution in [1.82, 2.24) is 10.2 Å². The first-order valence-electron chi connectivity index (χ1n) is 6.22. The molecule has 1 unspecified atom stereocenters. The minimum Gasteiger partial charge on any atom is -0.398 e. The molecule has 0 aliphatic heterocycles. The lowest BCUT2D eigenvalue weighted by molar-refractivity contribution is 0.0936. The van der Waals surface area contributed by atoms with Crippen LogP contribution in [0.3, 0.4) is 0 Å². The third-order valence-corrected chi connectivity index (χ3v) is 3.01. The van der Waals surface area contributed by atoms with Crippen LogP contribution in [0.2, 0.25) is 0 Å². The highest BCUT2D eigenvalue weighted by molar-refractivity contribution is 5.97. The van der Waals surface area contributed by atoms with Crippen LogP contribution in [0, 0.1) is 6.92 Å². The third-order valence-electron chi connectivity index (χ3n) is 3.01. The molecule has 0 aromatic heterocycles. The van der Waals surface area contributed by atoms with E-state index in [0.717, 1.165) is 18.5 Å². The predicted molar refractivity (Wildman–Crippen MR) is 75.7 cm³/mol. The van der Waals surface area contributed by atoms with Crippen molar-refractivity contribution in [3.8, 4) is 0 Å². The normalized spacial score (nSPS) is 12.5. The molecule has 100 valence electrons. The maximum absolute atomic E-state index is 12.1. The molecule has 0 fully saturated rings. The molecule has 0 radical (unpaired) electrons. The number of nitrogens with two attached hydrogens (primary N) is 1. The molecule has 4 nitrogen and oxygen atoms in total. The molecular formula is C14H23N3O. The standard InChI is InChI=1S/C14H23N3O/c1-10(8-9-17(3)4)16-14(18)12-6-5-7-13(15)11(12)2/h5-7,10H,8-9,15H2,1-4H3,(H,16,18). The summed E-state index contributed by atoms with van der Waals surface area (Å²) in [5, 5.41) is 3.00. The van der Waals surface area contributed by atoms with E-state index in [-0.39, 0.29) is 11.9 Å². The molecule has 0 saturated heterocycles. The summed E-state index contributed by atoms with van der Waals surface area (Å²) in [5.41, 5.74) is 7.96. The molecule has 0 bridgehead atoms. The molecular weight excluding hydrogens is 226 g/mol. The average Bonchev–Trinajstić information content (AvgIpc) is 2.30. The number of nitrogen functional groups attached to an aromatic ring is 1. The number of hydrogen-bond acceptors (Lipinski definition) is 3. The zero-order valence-electron chi connectivity index (χ0n) is 11.7. The summed E-state index contributed by atoms with van der Waals surface area (Å²) < 4.78 is 0. The zero-order valence-corrected chi connectivity index (χ0v) is 11.7. The fraction of sp³-hybridized carbons (Fsp3) is 0.500. The van der Waals surface area contributed by atoms with Crippen LogP contribution in [0.1, 0.15) is 29.3 Å². The van der Waals surface area contributed by atoms with Gasteiger partial charge in [0.05, 0.1) is 0 Å². The van der Waals surface area contributed by atoms with Crippen molar-refractivity contribution in [1.29, 1.82) is 0 Å². The zero-order chi connectivity index (χ0) is 13.7. The Bertz CT molecular complexity index is 416. The van der Waals surface area contributed by atoms with Gasteiger partial charge in [-0.25, -0.2) is 0 Å². The highest BCUT2D eigenvalue weighted by Gasteiger charge is 2.13. The summed E-state index contributed by atoms with van der Waals surface area (Å²) in [5.74, 6) is -0.0499. The van der Waals surface area contributed by atoms with E-state index in [1.54, 1.807) is 6.07 Å². The quantitative estimate of drug-likeness (QED) is 0.780. The van der Waals surface area contributed by atoms with Crippen molar-refractivity contribution < 1.29 is 4.79 Å². The van der Waals surface area contributed by atoms with Gasteiger partial charge >= 0.3 is 0 Å². The van der Waals surface area contributed by atoms with Gasteiger partial charge in [0.25, 0.3) is 5.91 Å². The topological polar surface area (TPSA) is 58.4 Å². The maximum atomic E-state index is 12.1. The molecule has 1 aromatic carbocycles. The first kappa shape index (κ1) is 14.5. The molecule has 18 heavy (non-hydrogen) atoms. The molecule has 3 N–H and O–H groups in total. The summed E-state index contributed by atoms with van der Waals surface area (Å²) in [4.78, 5) is 14.2. The molecule has 0 heterocycles. The number of carbonyl (C=O) groups excluding carboxylic acids is 1. The van der Waals surface area contributed by atoms with Gasteiger partial charge in [0.15, 0.2) is 0 Å². The first-order chi connectivity index (χ1) is 8.41. The number of benzene rings is 1. The molecule has 1 rings (SSSR count). The van der Waals surface area contributed by atoms with Crippen molar-refractivity contribution in [3.05, 3.63) is 29.3 Å². The van der Waals surface area contributed by atoms with Crippen LogP contribution in [0.5, 0.6) is 0 Å². The van der Waals surface area contributed by atoms with Gasteiger partial charge in [0.2, 0.25) is 0 Å². The highest BCUT2D eigenvalue weighted by atomic mass is 16.1. The van der Waals surface area contributed by atoms with E-state index in [9.17, 15) is 4.79 Å². The monoisotopic (exact) mass is 249 g/mol. The largest absolute Gasteiger partial charge is 0.398 e. The second-order valence-electron chi connectivity index (χ2n) is 4.99. The molecule has 1 atom stereocenters. The van der Waals surface area contributed by atoms with Crippen LogP contribution in [-0.2, 0) is 0 Å². The van der Waals surface area contributed by atoms with Crippen LogP contribution in [0.4, 0.5) is 5.69 Å². The Balaban J connectivity index is 2.62. The lowest BCUT2D eigenvalue weighted by atomic mass is 10.1. The van der Waals surface area contributed by atoms with Crippen LogP contribution in [-0.4, -0.2) is 37.5 Å². The van der Waals surface area contributed by atoms with Crippen molar-refractivity contribution in [3.63, 3.8) is 0 Å². The van der Waals surface area contributed by atoms with Gasteiger partial charge in [-0.05, 0) is 58.6 Å². The molecule has 0 saturated carbocycles. The summed E-state index contributed by atoms with van der Waals surface area (Å²) in [6.45, 7) is 4.84. The Morgan fingerprint density at radius 3 is 2.72 bits per heavy atom. The van der Waals surface area contributed by atoms with Gasteiger partial charge in [-0.2, -0.15) is 0 Å². The van der Waals surface area contributed by atoms with E-state index in [1.807, 2.05) is 40.1 Å². The Morgan fingerprint density at radius 1 is 1.44 bits per heavy atom. The van der Waals surface area contributed by atoms with Crippen LogP contribution < -0.4 is 11.1 Å². The fourth-order valence-corrected chi connectivity index (χ4v) is 1.73. The highest BCUT2D eigenvalue weighted by Crippen LogP contribution is 2.15. The van der Waals surface area contributed by atoms with E-state index in [4.69, 9.17) is 5.73 Å². The van der Waals surface area contributed by atoms with Crippen molar-refractivity contribution in [2.45, 2.75) is 26.3 Å². The Hall–Kier alpha value is -1.55. The second-order valence-corrected chi connectivity index (χ2v) is 4.99. The van der Waals surface area contributed by atoms with Gasteiger partial charge in [-0.3, -0.25) is 4.79 Å². The number of anilines is 1. The van der Waals surface area contributed by atoms with Gasteiger partial charge in [0.1, 0.15) is 0 Å². The molecule has 0 aliphatic rings. The van der Waals surface area contributed by atoms with Crippen molar-refractivity contribution in [2.75, 3.05) is 26.4 Å². The summed E-state index contributed by atoms with van der Waals surface area (Å²) in [7, 11) is 4.05. The fourth-order valence-electron chi connectivity index (χ4n) is 1.73. The number of rotatable bonds is 5. The minimum atomic E-state index is -0.0499. The summed E-state index contributed by atoms with van der Waals surface area (Å²) in [6, 6.07) is 5.57. The van der Waals surface area contributed by atoms with Crippen LogP contribution >= 0.6 is 0 Å². The smallest absolute Gasteiger partial charge is 0.251 e. The number of carbonyl (C=O) groups is 1. The Morgan fingerprint density at radius 2 is 2.11 bits per heavy atom. The summed E-state index contributed by atoms with van der Waals surface area (Å²) in [6.07, 6.45) is 0.931. The van der Waals surface area contributed by atoms with Crippen molar-refractivity contribution in [2.24, 2.45) is 0 Å². The average molecular weight is 249 g/mol. The lowest BCUT2D eigenvalue weighted by Gasteiger charge is -2.17. The van der Waals surface area contributed by atoms with E-state index in [0.29, 0.717) is 11.3 Å². The van der Waals surface area contributed by atoms with Gasteiger partial charge < -0.3 is 16.0 Å². The van der Waals surface area contributed by atoms with E-state index >= 15 is 0 Å². The SMILES string of the molecule is Cc1c(N)cccc1C(=O)NC(C)CCN(C)C. The maximum Gasteiger partial charge on any atom is 0.251 e. The molecule has 0 spiro atoms. The number of hydrogen-bond donors (Lipinski definition) is 2. The van der Waals surface area contributed by atoms with Gasteiger partial charge in [0, 0.05) is 17.3 Å². The second kappa shape index (κ2) is 6.40. The number of nitrogens with one attached hydrogen (secondary N) is 1. The van der Waals surface area contributed by atoms with Crippen LogP contribution in [0.15, 0.2) is 18.2 Å². The predicted octanol–water partition coefficient (Wildman–Crippen LogP) is 1.65. The van der Waals surface area contributed by atoms with Gasteiger partial charge in [-0.1, -0.05) is 6.07 Å². The number of amides is 1. The van der Waals surface area contributed by atoms with E-state index in [2.05, 4.69) is 10.2 Å². The lowest BCUT2D eigenvalue weighted by Crippen LogP contribution is -2.35. The molecule has 4 heteroatoms. The number of nitrogens with zero attached hydrogens (tertiary/aromatic N) is 1. The first-order valence-corrected chi connectivity index (χ1v) is 6.22. The van der Waals surface area contributed by atoms with Gasteiger partial charge in [-0.15, -0.1) is 0 Å². The summed E-state index contributed by atoms with van der Waals surface area (Å²) >= 11 is 0. The minimum absolute atomic E-state index is 0.0499. The molecule has 0 aliphatic carbocycles. The third kappa shape index (κ3) is 4.04. The molecule has 1 amide bonds. The van der Waals surface area contributed by atoms with Crippen LogP contribution in [0.25, 0.3) is 0 Å². The Labute approximate surface area is 109 Å². The molecule has 1 aromatic rings.